The molecular weight excluding hydrogens is 218 g/mol. The first kappa shape index (κ1) is 9.79. The molecule has 0 fully saturated rings. The molecule has 1 aromatic carbocycles. The predicted molar refractivity (Wildman–Crippen MR) is 56.8 cm³/mol. The van der Waals surface area contributed by atoms with Crippen LogP contribution in [-0.2, 0) is 11.3 Å². The fourth-order valence-corrected chi connectivity index (χ4v) is 1.65. The number of carboxylic acid groups (broad SMARTS) is 1. The number of aliphatic carboxylic acids is 1. The third-order valence-electron chi connectivity index (χ3n) is 2.02. The Hall–Kier alpha value is -1.75. The van der Waals surface area contributed by atoms with Crippen molar-refractivity contribution in [3.8, 4) is 0 Å². The molecule has 1 aromatic heterocycles. The van der Waals surface area contributed by atoms with Crippen molar-refractivity contribution in [2.24, 2.45) is 0 Å². The second-order valence-corrected chi connectivity index (χ2v) is 3.48. The second kappa shape index (κ2) is 3.43. The van der Waals surface area contributed by atoms with E-state index in [-0.39, 0.29) is 11.7 Å². The Labute approximate surface area is 90.0 Å². The monoisotopic (exact) mass is 225 g/mol. The number of halogens is 1. The van der Waals surface area contributed by atoms with Crippen LogP contribution >= 0.6 is 11.6 Å². The first-order valence-corrected chi connectivity index (χ1v) is 4.59. The first-order chi connectivity index (χ1) is 7.08. The van der Waals surface area contributed by atoms with E-state index in [2.05, 4.69) is 5.10 Å². The summed E-state index contributed by atoms with van der Waals surface area (Å²) in [5.74, 6) is -0.974. The molecule has 78 valence electrons. The van der Waals surface area contributed by atoms with E-state index in [1.165, 1.54) is 4.68 Å². The molecule has 6 heteroatoms. The number of carboxylic acids is 1. The Bertz CT molecular complexity index is 535. The number of fused-ring (bicyclic) bond motifs is 1. The van der Waals surface area contributed by atoms with Crippen LogP contribution in [0.4, 0.5) is 5.69 Å². The highest BCUT2D eigenvalue weighted by atomic mass is 35.5. The van der Waals surface area contributed by atoms with Gasteiger partial charge in [0.25, 0.3) is 0 Å². The van der Waals surface area contributed by atoms with Crippen molar-refractivity contribution in [2.45, 2.75) is 6.54 Å². The average molecular weight is 226 g/mol. The zero-order valence-corrected chi connectivity index (χ0v) is 8.40. The van der Waals surface area contributed by atoms with Crippen LogP contribution in [0.2, 0.25) is 5.15 Å². The second-order valence-electron chi connectivity index (χ2n) is 3.12. The molecule has 0 unspecified atom stereocenters. The minimum absolute atomic E-state index is 0.229. The number of carbonyl (C=O) groups is 1. The van der Waals surface area contributed by atoms with Crippen LogP contribution in [0.25, 0.3) is 10.9 Å². The molecule has 0 amide bonds. The molecule has 0 atom stereocenters. The third kappa shape index (κ3) is 1.73. The Morgan fingerprint density at radius 1 is 1.60 bits per heavy atom. The van der Waals surface area contributed by atoms with Gasteiger partial charge in [-0.15, -0.1) is 0 Å². The summed E-state index contributed by atoms with van der Waals surface area (Å²) < 4.78 is 1.32. The molecular formula is C9H8ClN3O2. The molecule has 0 radical (unpaired) electrons. The summed E-state index contributed by atoms with van der Waals surface area (Å²) in [7, 11) is 0. The van der Waals surface area contributed by atoms with E-state index in [9.17, 15) is 4.79 Å². The van der Waals surface area contributed by atoms with Crippen molar-refractivity contribution in [1.29, 1.82) is 0 Å². The highest BCUT2D eigenvalue weighted by molar-refractivity contribution is 6.34. The molecule has 15 heavy (non-hydrogen) atoms. The van der Waals surface area contributed by atoms with Crippen LogP contribution in [0.5, 0.6) is 0 Å². The molecule has 0 aliphatic heterocycles. The number of hydrogen-bond acceptors (Lipinski definition) is 3. The number of anilines is 1. The number of rotatable bonds is 2. The van der Waals surface area contributed by atoms with Crippen LogP contribution in [0.3, 0.4) is 0 Å². The average Bonchev–Trinajstić information content (AvgIpc) is 2.42. The van der Waals surface area contributed by atoms with Crippen LogP contribution < -0.4 is 5.73 Å². The minimum Gasteiger partial charge on any atom is -0.480 e. The highest BCUT2D eigenvalue weighted by Crippen LogP contribution is 2.24. The molecule has 2 aromatic rings. The van der Waals surface area contributed by atoms with Crippen molar-refractivity contribution in [3.63, 3.8) is 0 Å². The molecule has 5 nitrogen and oxygen atoms in total. The van der Waals surface area contributed by atoms with E-state index in [0.29, 0.717) is 16.6 Å². The largest absolute Gasteiger partial charge is 0.480 e. The van der Waals surface area contributed by atoms with Crippen LogP contribution in [0.1, 0.15) is 0 Å². The Balaban J connectivity index is 2.64. The van der Waals surface area contributed by atoms with Crippen LogP contribution in [0.15, 0.2) is 18.2 Å². The summed E-state index contributed by atoms with van der Waals surface area (Å²) in [6.07, 6.45) is 0. The molecule has 0 aliphatic rings. The summed E-state index contributed by atoms with van der Waals surface area (Å²) in [5, 5.41) is 13.6. The maximum Gasteiger partial charge on any atom is 0.325 e. The lowest BCUT2D eigenvalue weighted by molar-refractivity contribution is -0.137. The van der Waals surface area contributed by atoms with Gasteiger partial charge in [0.1, 0.15) is 6.54 Å². The van der Waals surface area contributed by atoms with Gasteiger partial charge >= 0.3 is 5.97 Å². The van der Waals surface area contributed by atoms with Gasteiger partial charge in [0.2, 0.25) is 0 Å². The standard InChI is InChI=1S/C9H8ClN3O2/c10-9-6-2-1-5(11)3-7(6)13(12-9)4-8(14)15/h1-3H,4,11H2,(H,14,15). The summed E-state index contributed by atoms with van der Waals surface area (Å²) in [4.78, 5) is 10.6. The van der Waals surface area contributed by atoms with Crippen molar-refractivity contribution in [3.05, 3.63) is 23.4 Å². The summed E-state index contributed by atoms with van der Waals surface area (Å²) >= 11 is 5.85. The predicted octanol–water partition coefficient (Wildman–Crippen LogP) is 1.36. The quantitative estimate of drug-likeness (QED) is 0.756. The number of aromatic nitrogens is 2. The first-order valence-electron chi connectivity index (χ1n) is 4.21. The van der Waals surface area contributed by atoms with Gasteiger partial charge in [-0.1, -0.05) is 11.6 Å². The number of benzene rings is 1. The van der Waals surface area contributed by atoms with Gasteiger partial charge in [-0.05, 0) is 18.2 Å². The van der Waals surface area contributed by atoms with E-state index >= 15 is 0 Å². The number of nitrogen functional groups attached to an aromatic ring is 1. The molecule has 2 rings (SSSR count). The van der Waals surface area contributed by atoms with Crippen molar-refractivity contribution in [2.75, 3.05) is 5.73 Å². The fourth-order valence-electron chi connectivity index (χ4n) is 1.40. The van der Waals surface area contributed by atoms with Crippen LogP contribution in [-0.4, -0.2) is 20.9 Å². The lowest BCUT2D eigenvalue weighted by Gasteiger charge is -1.99. The zero-order valence-electron chi connectivity index (χ0n) is 7.64. The third-order valence-corrected chi connectivity index (χ3v) is 2.29. The van der Waals surface area contributed by atoms with Gasteiger partial charge in [0.15, 0.2) is 5.15 Å². The normalized spacial score (nSPS) is 10.7. The highest BCUT2D eigenvalue weighted by Gasteiger charge is 2.10. The molecule has 0 saturated heterocycles. The van der Waals surface area contributed by atoms with Gasteiger partial charge in [0.05, 0.1) is 5.52 Å². The molecule has 0 spiro atoms. The van der Waals surface area contributed by atoms with E-state index in [1.807, 2.05) is 0 Å². The molecule has 0 aliphatic carbocycles. The van der Waals surface area contributed by atoms with E-state index in [0.717, 1.165) is 0 Å². The summed E-state index contributed by atoms with van der Waals surface area (Å²) in [6.45, 7) is -0.229. The van der Waals surface area contributed by atoms with Crippen molar-refractivity contribution >= 4 is 34.2 Å². The van der Waals surface area contributed by atoms with Gasteiger partial charge in [-0.25, -0.2) is 0 Å². The fraction of sp³-hybridized carbons (Fsp3) is 0.111. The lowest BCUT2D eigenvalue weighted by atomic mass is 10.2. The molecule has 1 heterocycles. The maximum absolute atomic E-state index is 10.6. The summed E-state index contributed by atoms with van der Waals surface area (Å²) in [5.41, 5.74) is 6.78. The zero-order chi connectivity index (χ0) is 11.0. The number of nitrogens with zero attached hydrogens (tertiary/aromatic N) is 2. The van der Waals surface area contributed by atoms with Crippen molar-refractivity contribution in [1.82, 2.24) is 9.78 Å². The van der Waals surface area contributed by atoms with Crippen LogP contribution in [0, 0.1) is 0 Å². The summed E-state index contributed by atoms with van der Waals surface area (Å²) in [6, 6.07) is 5.07. The van der Waals surface area contributed by atoms with Gasteiger partial charge < -0.3 is 10.8 Å². The smallest absolute Gasteiger partial charge is 0.325 e. The van der Waals surface area contributed by atoms with Gasteiger partial charge in [-0.2, -0.15) is 5.10 Å². The van der Waals surface area contributed by atoms with Gasteiger partial charge in [-0.3, -0.25) is 9.48 Å². The Kier molecular flexibility index (Phi) is 2.24. The number of hydrogen-bond donors (Lipinski definition) is 2. The van der Waals surface area contributed by atoms with Crippen molar-refractivity contribution < 1.29 is 9.90 Å². The molecule has 0 bridgehead atoms. The molecule has 0 saturated carbocycles. The SMILES string of the molecule is Nc1ccc2c(Cl)nn(CC(=O)O)c2c1. The van der Waals surface area contributed by atoms with E-state index < -0.39 is 5.97 Å². The lowest BCUT2D eigenvalue weighted by Crippen LogP contribution is -2.09. The Morgan fingerprint density at radius 2 is 2.33 bits per heavy atom. The minimum atomic E-state index is -0.974. The topological polar surface area (TPSA) is 81.1 Å². The van der Waals surface area contributed by atoms with E-state index in [1.54, 1.807) is 18.2 Å². The maximum atomic E-state index is 10.6. The Morgan fingerprint density at radius 3 is 3.00 bits per heavy atom. The number of nitrogens with two attached hydrogens (primary N) is 1. The molecule has 3 N–H and O–H groups in total. The van der Waals surface area contributed by atoms with Gasteiger partial charge in [0, 0.05) is 11.1 Å². The van der Waals surface area contributed by atoms with E-state index in [4.69, 9.17) is 22.4 Å².